The molecule has 2 N–H and O–H groups in total. The Morgan fingerprint density at radius 1 is 1.14 bits per heavy atom. The average Bonchev–Trinajstić information content (AvgIpc) is 2.48. The highest BCUT2D eigenvalue weighted by Crippen LogP contribution is 2.12. The molecule has 0 aliphatic carbocycles. The zero-order valence-electron chi connectivity index (χ0n) is 11.5. The van der Waals surface area contributed by atoms with Gasteiger partial charge in [-0.3, -0.25) is 4.90 Å². The van der Waals surface area contributed by atoms with E-state index in [1.54, 1.807) is 0 Å². The average molecular weight is 294 g/mol. The molecule has 1 aromatic rings. The molecule has 1 aliphatic rings. The van der Waals surface area contributed by atoms with Gasteiger partial charge in [-0.2, -0.15) is 0 Å². The van der Waals surface area contributed by atoms with Gasteiger partial charge in [0.05, 0.1) is 19.3 Å². The van der Waals surface area contributed by atoms with Crippen molar-refractivity contribution < 1.29 is 24.5 Å². The molecule has 114 valence electrons. The molecule has 7 nitrogen and oxygen atoms in total. The zero-order valence-corrected chi connectivity index (χ0v) is 11.5. The summed E-state index contributed by atoms with van der Waals surface area (Å²) in [4.78, 5) is 24.6. The standard InChI is InChI=1S/C14H18N2O5/c17-13(18)15-6-7-16(14(19)20)12(8-15)10-21-9-11-4-2-1-3-5-11/h1-5,12H,6-10H2,(H,17,18)(H,19,20)/t12-/m0/s1. The predicted octanol–water partition coefficient (Wildman–Crippen LogP) is 1.55. The number of hydrogen-bond acceptors (Lipinski definition) is 3. The summed E-state index contributed by atoms with van der Waals surface area (Å²) < 4.78 is 5.54. The minimum absolute atomic E-state index is 0.135. The molecule has 0 unspecified atom stereocenters. The Bertz CT molecular complexity index is 493. The van der Waals surface area contributed by atoms with Crippen molar-refractivity contribution in [3.63, 3.8) is 0 Å². The second-order valence-corrected chi connectivity index (χ2v) is 4.86. The van der Waals surface area contributed by atoms with Crippen LogP contribution in [0.15, 0.2) is 30.3 Å². The first-order valence-electron chi connectivity index (χ1n) is 6.67. The summed E-state index contributed by atoms with van der Waals surface area (Å²) in [6, 6.07) is 9.06. The van der Waals surface area contributed by atoms with Gasteiger partial charge in [-0.05, 0) is 5.56 Å². The number of nitrogens with zero attached hydrogens (tertiary/aromatic N) is 2. The Kier molecular flexibility index (Phi) is 4.99. The molecule has 0 spiro atoms. The predicted molar refractivity (Wildman–Crippen MR) is 74.2 cm³/mol. The molecule has 21 heavy (non-hydrogen) atoms. The van der Waals surface area contributed by atoms with E-state index < -0.39 is 18.2 Å². The summed E-state index contributed by atoms with van der Waals surface area (Å²) in [6.07, 6.45) is -2.08. The lowest BCUT2D eigenvalue weighted by atomic mass is 10.2. The van der Waals surface area contributed by atoms with Gasteiger partial charge in [0.2, 0.25) is 0 Å². The first kappa shape index (κ1) is 15.1. The van der Waals surface area contributed by atoms with Crippen molar-refractivity contribution in [1.29, 1.82) is 0 Å². The molecule has 1 saturated heterocycles. The molecule has 1 heterocycles. The van der Waals surface area contributed by atoms with E-state index in [4.69, 9.17) is 14.9 Å². The Labute approximate surface area is 122 Å². The van der Waals surface area contributed by atoms with Crippen molar-refractivity contribution in [2.75, 3.05) is 26.2 Å². The third-order valence-corrected chi connectivity index (χ3v) is 3.42. The highest BCUT2D eigenvalue weighted by atomic mass is 16.5. The number of rotatable bonds is 4. The Morgan fingerprint density at radius 3 is 2.48 bits per heavy atom. The molecule has 0 radical (unpaired) electrons. The van der Waals surface area contributed by atoms with E-state index in [1.807, 2.05) is 30.3 Å². The van der Waals surface area contributed by atoms with Crippen molar-refractivity contribution >= 4 is 12.2 Å². The van der Waals surface area contributed by atoms with Crippen LogP contribution in [0.25, 0.3) is 0 Å². The number of hydrogen-bond donors (Lipinski definition) is 2. The normalized spacial score (nSPS) is 18.6. The van der Waals surface area contributed by atoms with Crippen LogP contribution in [0.5, 0.6) is 0 Å². The van der Waals surface area contributed by atoms with E-state index in [0.717, 1.165) is 5.56 Å². The lowest BCUT2D eigenvalue weighted by Gasteiger charge is -2.38. The summed E-state index contributed by atoms with van der Waals surface area (Å²) in [5, 5.41) is 18.2. The molecule has 1 aromatic carbocycles. The number of carboxylic acid groups (broad SMARTS) is 2. The molecule has 2 amide bonds. The molecule has 0 bridgehead atoms. The van der Waals surface area contributed by atoms with E-state index in [-0.39, 0.29) is 26.2 Å². The van der Waals surface area contributed by atoms with Crippen LogP contribution in [-0.4, -0.2) is 64.5 Å². The van der Waals surface area contributed by atoms with Crippen LogP contribution < -0.4 is 0 Å². The minimum Gasteiger partial charge on any atom is -0.465 e. The summed E-state index contributed by atoms with van der Waals surface area (Å²) in [5.74, 6) is 0. The van der Waals surface area contributed by atoms with E-state index in [1.165, 1.54) is 9.80 Å². The zero-order chi connectivity index (χ0) is 15.2. The van der Waals surface area contributed by atoms with Crippen molar-refractivity contribution in [2.24, 2.45) is 0 Å². The lowest BCUT2D eigenvalue weighted by molar-refractivity contribution is 0.0123. The van der Waals surface area contributed by atoms with E-state index in [2.05, 4.69) is 0 Å². The summed E-state index contributed by atoms with van der Waals surface area (Å²) in [5.41, 5.74) is 0.991. The van der Waals surface area contributed by atoms with Crippen LogP contribution in [-0.2, 0) is 11.3 Å². The Hall–Kier alpha value is -2.28. The van der Waals surface area contributed by atoms with Gasteiger partial charge in [0, 0.05) is 19.6 Å². The number of carbonyl (C=O) groups is 2. The maximum Gasteiger partial charge on any atom is 0.407 e. The van der Waals surface area contributed by atoms with Gasteiger partial charge < -0.3 is 19.8 Å². The molecule has 2 rings (SSSR count). The van der Waals surface area contributed by atoms with Crippen LogP contribution in [0, 0.1) is 0 Å². The number of ether oxygens (including phenoxy) is 1. The third kappa shape index (κ3) is 4.09. The van der Waals surface area contributed by atoms with Crippen molar-refractivity contribution in [3.05, 3.63) is 35.9 Å². The smallest absolute Gasteiger partial charge is 0.407 e. The molecule has 1 fully saturated rings. The van der Waals surface area contributed by atoms with Gasteiger partial charge in [0.1, 0.15) is 0 Å². The maximum atomic E-state index is 11.2. The Morgan fingerprint density at radius 2 is 1.86 bits per heavy atom. The van der Waals surface area contributed by atoms with Crippen LogP contribution in [0.4, 0.5) is 9.59 Å². The SMILES string of the molecule is O=C(O)N1CCN(C(=O)O)[C@H](COCc2ccccc2)C1. The maximum absolute atomic E-state index is 11.2. The summed E-state index contributed by atoms with van der Waals surface area (Å²) in [6.45, 7) is 1.04. The van der Waals surface area contributed by atoms with Crippen molar-refractivity contribution in [2.45, 2.75) is 12.6 Å². The van der Waals surface area contributed by atoms with E-state index in [0.29, 0.717) is 6.61 Å². The monoisotopic (exact) mass is 294 g/mol. The van der Waals surface area contributed by atoms with E-state index >= 15 is 0 Å². The third-order valence-electron chi connectivity index (χ3n) is 3.42. The second kappa shape index (κ2) is 6.94. The van der Waals surface area contributed by atoms with Gasteiger partial charge in [0.25, 0.3) is 0 Å². The van der Waals surface area contributed by atoms with E-state index in [9.17, 15) is 9.59 Å². The molecular formula is C14H18N2O5. The topological polar surface area (TPSA) is 90.3 Å². The van der Waals surface area contributed by atoms with Crippen LogP contribution >= 0.6 is 0 Å². The molecule has 1 aliphatic heterocycles. The molecule has 1 atom stereocenters. The van der Waals surface area contributed by atoms with Crippen LogP contribution in [0.2, 0.25) is 0 Å². The fourth-order valence-corrected chi connectivity index (χ4v) is 2.31. The quantitative estimate of drug-likeness (QED) is 0.879. The second-order valence-electron chi connectivity index (χ2n) is 4.86. The van der Waals surface area contributed by atoms with Gasteiger partial charge in [0.15, 0.2) is 0 Å². The highest BCUT2D eigenvalue weighted by Gasteiger charge is 2.32. The Balaban J connectivity index is 1.90. The largest absolute Gasteiger partial charge is 0.465 e. The molecular weight excluding hydrogens is 276 g/mol. The van der Waals surface area contributed by atoms with Gasteiger partial charge in [-0.1, -0.05) is 30.3 Å². The van der Waals surface area contributed by atoms with Gasteiger partial charge in [-0.15, -0.1) is 0 Å². The molecule has 0 saturated carbocycles. The van der Waals surface area contributed by atoms with Crippen molar-refractivity contribution in [1.82, 2.24) is 9.80 Å². The molecule has 7 heteroatoms. The number of amides is 2. The first-order valence-corrected chi connectivity index (χ1v) is 6.67. The number of piperazine rings is 1. The summed E-state index contributed by atoms with van der Waals surface area (Å²) >= 11 is 0. The fraction of sp³-hybridized carbons (Fsp3) is 0.429. The minimum atomic E-state index is -1.05. The van der Waals surface area contributed by atoms with Crippen molar-refractivity contribution in [3.8, 4) is 0 Å². The van der Waals surface area contributed by atoms with Gasteiger partial charge in [-0.25, -0.2) is 9.59 Å². The number of benzene rings is 1. The molecule has 0 aromatic heterocycles. The van der Waals surface area contributed by atoms with Crippen LogP contribution in [0.3, 0.4) is 0 Å². The fourth-order valence-electron chi connectivity index (χ4n) is 2.31. The highest BCUT2D eigenvalue weighted by molar-refractivity contribution is 5.68. The lowest BCUT2D eigenvalue weighted by Crippen LogP contribution is -2.57. The van der Waals surface area contributed by atoms with Gasteiger partial charge >= 0.3 is 12.2 Å². The summed E-state index contributed by atoms with van der Waals surface area (Å²) in [7, 11) is 0. The van der Waals surface area contributed by atoms with Crippen LogP contribution in [0.1, 0.15) is 5.56 Å². The first-order chi connectivity index (χ1) is 10.1.